The zero-order valence-corrected chi connectivity index (χ0v) is 12.7. The van der Waals surface area contributed by atoms with Crippen molar-refractivity contribution in [2.24, 2.45) is 0 Å². The number of hydrogen-bond acceptors (Lipinski definition) is 4. The van der Waals surface area contributed by atoms with Crippen LogP contribution in [0.3, 0.4) is 0 Å². The van der Waals surface area contributed by atoms with Crippen molar-refractivity contribution in [3.05, 3.63) is 34.8 Å². The largest absolute Gasteiger partial charge is 0.419 e. The number of fused-ring (bicyclic) bond motifs is 1. The maximum Gasteiger partial charge on any atom is 0.419 e. The monoisotopic (exact) mass is 303 g/mol. The van der Waals surface area contributed by atoms with Crippen LogP contribution in [0.5, 0.6) is 0 Å². The zero-order valence-electron chi connectivity index (χ0n) is 12.7. The highest BCUT2D eigenvalue weighted by molar-refractivity contribution is 5.77. The smallest absolute Gasteiger partial charge is 0.408 e. The summed E-state index contributed by atoms with van der Waals surface area (Å²) in [7, 11) is 1.93. The predicted octanol–water partition coefficient (Wildman–Crippen LogP) is 1.19. The Morgan fingerprint density at radius 2 is 2.23 bits per heavy atom. The number of amides is 1. The van der Waals surface area contributed by atoms with Crippen molar-refractivity contribution >= 4 is 17.0 Å². The van der Waals surface area contributed by atoms with Crippen LogP contribution >= 0.6 is 0 Å². The van der Waals surface area contributed by atoms with Gasteiger partial charge in [0.05, 0.1) is 5.52 Å². The molecule has 1 N–H and O–H groups in total. The number of likely N-dealkylation sites (N-methyl/N-ethyl adjacent to an activating group) is 1. The van der Waals surface area contributed by atoms with Crippen LogP contribution in [0.1, 0.15) is 19.3 Å². The van der Waals surface area contributed by atoms with Gasteiger partial charge in [0.1, 0.15) is 0 Å². The molecule has 0 radical (unpaired) electrons. The molecule has 0 saturated carbocycles. The first-order valence-electron chi connectivity index (χ1n) is 7.72. The van der Waals surface area contributed by atoms with E-state index in [1.54, 1.807) is 6.07 Å². The van der Waals surface area contributed by atoms with E-state index < -0.39 is 5.76 Å². The number of carbonyl (C=O) groups is 1. The summed E-state index contributed by atoms with van der Waals surface area (Å²) in [6, 6.07) is 7.65. The highest BCUT2D eigenvalue weighted by atomic mass is 16.4. The number of rotatable bonds is 4. The van der Waals surface area contributed by atoms with E-state index in [9.17, 15) is 9.59 Å². The minimum atomic E-state index is -0.402. The molecule has 1 aliphatic heterocycles. The Bertz CT molecular complexity index is 719. The molecule has 0 spiro atoms. The number of hydrogen-bond donors (Lipinski definition) is 1. The lowest BCUT2D eigenvalue weighted by atomic mass is 10.1. The maximum absolute atomic E-state index is 12.4. The zero-order chi connectivity index (χ0) is 15.5. The van der Waals surface area contributed by atoms with E-state index in [1.165, 1.54) is 4.57 Å². The van der Waals surface area contributed by atoms with Crippen molar-refractivity contribution in [2.45, 2.75) is 31.8 Å². The van der Waals surface area contributed by atoms with E-state index in [1.807, 2.05) is 30.1 Å². The number of piperidine rings is 1. The second kappa shape index (κ2) is 6.36. The Kier molecular flexibility index (Phi) is 4.29. The van der Waals surface area contributed by atoms with Gasteiger partial charge in [-0.05, 0) is 32.0 Å². The number of nitrogens with zero attached hydrogens (tertiary/aromatic N) is 2. The van der Waals surface area contributed by atoms with E-state index in [2.05, 4.69) is 5.32 Å². The number of benzene rings is 1. The fourth-order valence-corrected chi connectivity index (χ4v) is 3.03. The molecule has 3 rings (SSSR count). The Hall–Kier alpha value is -2.08. The normalized spacial score (nSPS) is 18.8. The van der Waals surface area contributed by atoms with Gasteiger partial charge >= 0.3 is 5.76 Å². The van der Waals surface area contributed by atoms with Crippen LogP contribution in [0.2, 0.25) is 0 Å². The van der Waals surface area contributed by atoms with Gasteiger partial charge in [-0.15, -0.1) is 0 Å². The average molecular weight is 303 g/mol. The molecule has 6 nitrogen and oxygen atoms in total. The average Bonchev–Trinajstić information content (AvgIpc) is 2.88. The Morgan fingerprint density at radius 1 is 1.41 bits per heavy atom. The second-order valence-corrected chi connectivity index (χ2v) is 5.70. The van der Waals surface area contributed by atoms with Crippen LogP contribution in [0.4, 0.5) is 0 Å². The van der Waals surface area contributed by atoms with Gasteiger partial charge in [0.15, 0.2) is 5.58 Å². The van der Waals surface area contributed by atoms with Gasteiger partial charge in [-0.25, -0.2) is 4.79 Å². The van der Waals surface area contributed by atoms with Crippen LogP contribution in [0.15, 0.2) is 33.5 Å². The molecule has 118 valence electrons. The first-order valence-corrected chi connectivity index (χ1v) is 7.72. The fraction of sp³-hybridized carbons (Fsp3) is 0.500. The van der Waals surface area contributed by atoms with Crippen LogP contribution in [-0.2, 0) is 11.3 Å². The number of likely N-dealkylation sites (tertiary alicyclic amines) is 1. The lowest BCUT2D eigenvalue weighted by molar-refractivity contribution is -0.132. The van der Waals surface area contributed by atoms with Crippen molar-refractivity contribution in [3.8, 4) is 0 Å². The van der Waals surface area contributed by atoms with E-state index in [4.69, 9.17) is 4.42 Å². The van der Waals surface area contributed by atoms with E-state index in [0.717, 1.165) is 31.4 Å². The van der Waals surface area contributed by atoms with Gasteiger partial charge in [0.25, 0.3) is 0 Å². The van der Waals surface area contributed by atoms with Gasteiger partial charge in [0, 0.05) is 32.1 Å². The van der Waals surface area contributed by atoms with E-state index >= 15 is 0 Å². The van der Waals surface area contributed by atoms with Crippen LogP contribution in [0.25, 0.3) is 11.1 Å². The molecule has 1 aliphatic rings. The lowest BCUT2D eigenvalue weighted by Gasteiger charge is -2.32. The summed E-state index contributed by atoms with van der Waals surface area (Å²) in [5, 5.41) is 3.23. The standard InChI is InChI=1S/C16H21N3O3/c1-17-12-5-4-9-18(11-12)15(20)8-10-19-13-6-2-3-7-14(13)22-16(19)21/h2-3,6-7,12,17H,4-5,8-11H2,1H3. The molecule has 1 aromatic carbocycles. The number of oxazole rings is 1. The van der Waals surface area contributed by atoms with Crippen molar-refractivity contribution in [3.63, 3.8) is 0 Å². The Labute approximate surface area is 128 Å². The maximum atomic E-state index is 12.4. The molecule has 0 aliphatic carbocycles. The van der Waals surface area contributed by atoms with Gasteiger partial charge in [-0.1, -0.05) is 12.1 Å². The van der Waals surface area contributed by atoms with Crippen molar-refractivity contribution < 1.29 is 9.21 Å². The summed E-state index contributed by atoms with van der Waals surface area (Å²) in [5.41, 5.74) is 1.31. The molecule has 6 heteroatoms. The highest BCUT2D eigenvalue weighted by Crippen LogP contribution is 2.14. The first-order chi connectivity index (χ1) is 10.7. The number of aryl methyl sites for hydroxylation is 1. The summed E-state index contributed by atoms with van der Waals surface area (Å²) in [6.07, 6.45) is 2.44. The molecule has 2 heterocycles. The Balaban J connectivity index is 1.67. The molecular formula is C16H21N3O3. The highest BCUT2D eigenvalue weighted by Gasteiger charge is 2.22. The molecule has 1 atom stereocenters. The van der Waals surface area contributed by atoms with Gasteiger partial charge in [0.2, 0.25) is 5.91 Å². The molecule has 1 fully saturated rings. The molecule has 2 aromatic rings. The van der Waals surface area contributed by atoms with Crippen LogP contribution < -0.4 is 11.1 Å². The third kappa shape index (κ3) is 2.92. The van der Waals surface area contributed by atoms with Crippen molar-refractivity contribution in [2.75, 3.05) is 20.1 Å². The van der Waals surface area contributed by atoms with E-state index in [0.29, 0.717) is 24.6 Å². The van der Waals surface area contributed by atoms with Gasteiger partial charge in [-0.3, -0.25) is 9.36 Å². The number of aromatic nitrogens is 1. The topological polar surface area (TPSA) is 67.5 Å². The number of para-hydroxylation sites is 2. The minimum Gasteiger partial charge on any atom is -0.408 e. The number of nitrogens with one attached hydrogen (secondary N) is 1. The molecule has 1 unspecified atom stereocenters. The van der Waals surface area contributed by atoms with E-state index in [-0.39, 0.29) is 5.91 Å². The summed E-state index contributed by atoms with van der Waals surface area (Å²) in [6.45, 7) is 1.91. The van der Waals surface area contributed by atoms with Gasteiger partial charge in [-0.2, -0.15) is 0 Å². The quantitative estimate of drug-likeness (QED) is 0.921. The minimum absolute atomic E-state index is 0.0946. The molecule has 0 bridgehead atoms. The lowest BCUT2D eigenvalue weighted by Crippen LogP contribution is -2.47. The van der Waals surface area contributed by atoms with Gasteiger partial charge < -0.3 is 14.6 Å². The third-order valence-electron chi connectivity index (χ3n) is 4.31. The fourth-order valence-electron chi connectivity index (χ4n) is 3.03. The summed E-state index contributed by atoms with van der Waals surface area (Å²) in [5.74, 6) is -0.308. The SMILES string of the molecule is CNC1CCCN(C(=O)CCn2c(=O)oc3ccccc32)C1. The molecule has 1 aromatic heterocycles. The summed E-state index contributed by atoms with van der Waals surface area (Å²) in [4.78, 5) is 26.1. The van der Waals surface area contributed by atoms with Crippen molar-refractivity contribution in [1.29, 1.82) is 0 Å². The molecule has 1 amide bonds. The molecule has 22 heavy (non-hydrogen) atoms. The Morgan fingerprint density at radius 3 is 3.05 bits per heavy atom. The molecule has 1 saturated heterocycles. The predicted molar refractivity (Wildman–Crippen MR) is 83.8 cm³/mol. The van der Waals surface area contributed by atoms with Crippen LogP contribution in [0, 0.1) is 0 Å². The first kappa shape index (κ1) is 14.8. The molecular weight excluding hydrogens is 282 g/mol. The second-order valence-electron chi connectivity index (χ2n) is 5.70. The van der Waals surface area contributed by atoms with Crippen LogP contribution in [-0.4, -0.2) is 41.6 Å². The summed E-state index contributed by atoms with van der Waals surface area (Å²) < 4.78 is 6.72. The summed E-state index contributed by atoms with van der Waals surface area (Å²) >= 11 is 0. The van der Waals surface area contributed by atoms with Crippen molar-refractivity contribution in [1.82, 2.24) is 14.8 Å². The third-order valence-corrected chi connectivity index (χ3v) is 4.31. The number of carbonyl (C=O) groups excluding carboxylic acids is 1.